The molecule has 1 aliphatic rings. The molecule has 0 aromatic heterocycles. The first-order chi connectivity index (χ1) is 9.60. The quantitative estimate of drug-likeness (QED) is 0.448. The van der Waals surface area contributed by atoms with Gasteiger partial charge < -0.3 is 15.4 Å². The first-order valence-electron chi connectivity index (χ1n) is 6.45. The van der Waals surface area contributed by atoms with Crippen molar-refractivity contribution >= 4 is 17.3 Å². The van der Waals surface area contributed by atoms with Crippen LogP contribution >= 0.6 is 0 Å². The third-order valence-corrected chi connectivity index (χ3v) is 3.04. The third-order valence-electron chi connectivity index (χ3n) is 3.04. The summed E-state index contributed by atoms with van der Waals surface area (Å²) in [7, 11) is 1.46. The predicted molar refractivity (Wildman–Crippen MR) is 73.9 cm³/mol. The van der Waals surface area contributed by atoms with Gasteiger partial charge in [0.15, 0.2) is 0 Å². The van der Waals surface area contributed by atoms with E-state index >= 15 is 0 Å². The Morgan fingerprint density at radius 3 is 2.75 bits per heavy atom. The number of ether oxygens (including phenoxy) is 1. The van der Waals surface area contributed by atoms with Gasteiger partial charge in [-0.15, -0.1) is 0 Å². The van der Waals surface area contributed by atoms with Crippen molar-refractivity contribution in [1.82, 2.24) is 5.32 Å². The van der Waals surface area contributed by atoms with Gasteiger partial charge in [0, 0.05) is 36.8 Å². The maximum Gasteiger partial charge on any atom is 0.275 e. The molecule has 7 nitrogen and oxygen atoms in total. The summed E-state index contributed by atoms with van der Waals surface area (Å²) in [4.78, 5) is 21.7. The van der Waals surface area contributed by atoms with Crippen LogP contribution < -0.4 is 15.4 Å². The van der Waals surface area contributed by atoms with Crippen LogP contribution in [0.4, 0.5) is 11.4 Å². The minimum absolute atomic E-state index is 0.0335. The normalized spacial score (nSPS) is 13.7. The number of benzene rings is 1. The average molecular weight is 279 g/mol. The Labute approximate surface area is 116 Å². The van der Waals surface area contributed by atoms with E-state index in [0.29, 0.717) is 24.5 Å². The van der Waals surface area contributed by atoms with Gasteiger partial charge in [-0.3, -0.25) is 14.9 Å². The van der Waals surface area contributed by atoms with Gasteiger partial charge in [-0.1, -0.05) is 0 Å². The maximum absolute atomic E-state index is 11.4. The number of nitrogens with one attached hydrogen (secondary N) is 2. The highest BCUT2D eigenvalue weighted by molar-refractivity contribution is 5.80. The number of nitro benzene ring substituents is 1. The van der Waals surface area contributed by atoms with E-state index in [1.165, 1.54) is 19.2 Å². The molecule has 1 saturated carbocycles. The van der Waals surface area contributed by atoms with Gasteiger partial charge in [-0.25, -0.2) is 0 Å². The molecule has 20 heavy (non-hydrogen) atoms. The molecule has 1 fully saturated rings. The third kappa shape index (κ3) is 3.84. The molecule has 1 aromatic carbocycles. The Hall–Kier alpha value is -2.31. The van der Waals surface area contributed by atoms with E-state index in [4.69, 9.17) is 4.74 Å². The Balaban J connectivity index is 1.86. The van der Waals surface area contributed by atoms with Crippen LogP contribution in [0.2, 0.25) is 0 Å². The van der Waals surface area contributed by atoms with Crippen molar-refractivity contribution in [3.8, 4) is 5.75 Å². The molecule has 108 valence electrons. The number of non-ortho nitro benzene ring substituents is 1. The number of hydrogen-bond donors (Lipinski definition) is 2. The lowest BCUT2D eigenvalue weighted by atomic mass is 10.2. The van der Waals surface area contributed by atoms with Gasteiger partial charge in [0.05, 0.1) is 18.1 Å². The maximum atomic E-state index is 11.4. The van der Waals surface area contributed by atoms with E-state index in [-0.39, 0.29) is 17.5 Å². The summed E-state index contributed by atoms with van der Waals surface area (Å²) in [6, 6.07) is 4.47. The van der Waals surface area contributed by atoms with Crippen LogP contribution in [0.25, 0.3) is 0 Å². The predicted octanol–water partition coefficient (Wildman–Crippen LogP) is 1.54. The fourth-order valence-corrected chi connectivity index (χ4v) is 1.79. The monoisotopic (exact) mass is 279 g/mol. The minimum atomic E-state index is -0.470. The molecular weight excluding hydrogens is 262 g/mol. The number of amides is 1. The van der Waals surface area contributed by atoms with E-state index < -0.39 is 4.92 Å². The topological polar surface area (TPSA) is 93.5 Å². The number of methoxy groups -OCH3 is 1. The van der Waals surface area contributed by atoms with Gasteiger partial charge >= 0.3 is 0 Å². The number of rotatable bonds is 7. The van der Waals surface area contributed by atoms with Crippen LogP contribution in [0.1, 0.15) is 12.8 Å². The summed E-state index contributed by atoms with van der Waals surface area (Å²) >= 11 is 0. The summed E-state index contributed by atoms with van der Waals surface area (Å²) < 4.78 is 5.02. The smallest absolute Gasteiger partial charge is 0.275 e. The first-order valence-corrected chi connectivity index (χ1v) is 6.45. The first kappa shape index (κ1) is 14.1. The summed E-state index contributed by atoms with van der Waals surface area (Å²) in [6.07, 6.45) is 1.95. The highest BCUT2D eigenvalue weighted by atomic mass is 16.6. The molecule has 0 atom stereocenters. The lowest BCUT2D eigenvalue weighted by molar-refractivity contribution is -0.384. The summed E-state index contributed by atoms with van der Waals surface area (Å²) in [5.41, 5.74) is 0.561. The van der Waals surface area contributed by atoms with Crippen LogP contribution in [0.5, 0.6) is 5.75 Å². The summed E-state index contributed by atoms with van der Waals surface area (Å²) in [5.74, 6) is 0.694. The number of anilines is 1. The molecule has 0 radical (unpaired) electrons. The lowest BCUT2D eigenvalue weighted by Crippen LogP contribution is -2.29. The molecule has 0 saturated heterocycles. The van der Waals surface area contributed by atoms with Crippen LogP contribution in [0.3, 0.4) is 0 Å². The zero-order chi connectivity index (χ0) is 14.5. The largest absolute Gasteiger partial charge is 0.496 e. The second kappa shape index (κ2) is 6.23. The molecule has 0 aliphatic heterocycles. The fourth-order valence-electron chi connectivity index (χ4n) is 1.79. The van der Waals surface area contributed by atoms with Gasteiger partial charge in [-0.2, -0.15) is 0 Å². The van der Waals surface area contributed by atoms with Crippen molar-refractivity contribution in [2.24, 2.45) is 5.92 Å². The Morgan fingerprint density at radius 1 is 1.40 bits per heavy atom. The molecule has 1 amide bonds. The SMILES string of the molecule is COc1cc(NCCNC(=O)C2CC2)cc([N+](=O)[O-])c1. The van der Waals surface area contributed by atoms with E-state index in [9.17, 15) is 14.9 Å². The Morgan fingerprint density at radius 2 is 2.15 bits per heavy atom. The molecule has 2 rings (SSSR count). The van der Waals surface area contributed by atoms with Crippen molar-refractivity contribution in [1.29, 1.82) is 0 Å². The van der Waals surface area contributed by atoms with Crippen LogP contribution in [0.15, 0.2) is 18.2 Å². The highest BCUT2D eigenvalue weighted by Crippen LogP contribution is 2.28. The molecule has 2 N–H and O–H groups in total. The Kier molecular flexibility index (Phi) is 4.39. The lowest BCUT2D eigenvalue weighted by Gasteiger charge is -2.09. The molecule has 0 bridgehead atoms. The van der Waals surface area contributed by atoms with Crippen molar-refractivity contribution in [2.45, 2.75) is 12.8 Å². The van der Waals surface area contributed by atoms with E-state index in [1.807, 2.05) is 0 Å². The average Bonchev–Trinajstić information content (AvgIpc) is 3.27. The molecule has 0 heterocycles. The zero-order valence-corrected chi connectivity index (χ0v) is 11.2. The van der Waals surface area contributed by atoms with E-state index in [1.54, 1.807) is 6.07 Å². The fraction of sp³-hybridized carbons (Fsp3) is 0.462. The molecular formula is C13H17N3O4. The van der Waals surface area contributed by atoms with Crippen molar-refractivity contribution < 1.29 is 14.5 Å². The van der Waals surface area contributed by atoms with Crippen LogP contribution in [-0.4, -0.2) is 31.0 Å². The summed E-state index contributed by atoms with van der Waals surface area (Å²) in [6.45, 7) is 0.989. The van der Waals surface area contributed by atoms with Gasteiger partial charge in [0.2, 0.25) is 5.91 Å². The Bertz CT molecular complexity index is 514. The second-order valence-electron chi connectivity index (χ2n) is 4.67. The number of carbonyl (C=O) groups excluding carboxylic acids is 1. The van der Waals surface area contributed by atoms with Crippen LogP contribution in [0, 0.1) is 16.0 Å². The van der Waals surface area contributed by atoms with Crippen LogP contribution in [-0.2, 0) is 4.79 Å². The number of nitrogens with zero attached hydrogens (tertiary/aromatic N) is 1. The molecule has 0 unspecified atom stereocenters. The molecule has 0 spiro atoms. The van der Waals surface area contributed by atoms with E-state index in [2.05, 4.69) is 10.6 Å². The van der Waals surface area contributed by atoms with Gasteiger partial charge in [-0.05, 0) is 12.8 Å². The van der Waals surface area contributed by atoms with Gasteiger partial charge in [0.25, 0.3) is 5.69 Å². The number of hydrogen-bond acceptors (Lipinski definition) is 5. The second-order valence-corrected chi connectivity index (χ2v) is 4.67. The number of nitro groups is 1. The molecule has 7 heteroatoms. The minimum Gasteiger partial charge on any atom is -0.496 e. The standard InChI is InChI=1S/C13H17N3O4/c1-20-12-7-10(6-11(8-12)16(18)19)14-4-5-15-13(17)9-2-3-9/h6-9,14H,2-5H2,1H3,(H,15,17). The van der Waals surface area contributed by atoms with Crippen molar-refractivity contribution in [3.63, 3.8) is 0 Å². The molecule has 1 aromatic rings. The number of carbonyl (C=O) groups is 1. The van der Waals surface area contributed by atoms with Crippen molar-refractivity contribution in [3.05, 3.63) is 28.3 Å². The van der Waals surface area contributed by atoms with Crippen molar-refractivity contribution in [2.75, 3.05) is 25.5 Å². The highest BCUT2D eigenvalue weighted by Gasteiger charge is 2.28. The van der Waals surface area contributed by atoms with Gasteiger partial charge in [0.1, 0.15) is 5.75 Å². The summed E-state index contributed by atoms with van der Waals surface area (Å²) in [5, 5.41) is 16.6. The van der Waals surface area contributed by atoms with E-state index in [0.717, 1.165) is 12.8 Å². The zero-order valence-electron chi connectivity index (χ0n) is 11.2. The molecule has 1 aliphatic carbocycles.